The van der Waals surface area contributed by atoms with Crippen LogP contribution in [-0.4, -0.2) is 23.0 Å². The molecule has 84 valence electrons. The van der Waals surface area contributed by atoms with Crippen molar-refractivity contribution in [1.29, 1.82) is 0 Å². The molecule has 0 unspecified atom stereocenters. The van der Waals surface area contributed by atoms with Crippen LogP contribution in [0.4, 0.5) is 5.13 Å². The van der Waals surface area contributed by atoms with E-state index in [9.17, 15) is 0 Å². The monoisotopic (exact) mass is 225 g/mol. The van der Waals surface area contributed by atoms with Crippen molar-refractivity contribution in [2.24, 2.45) is 5.92 Å². The standard InChI is InChI=1S/C11H19N3S/c1-2-5-14(7-9-3-4-9)8-10-6-13-11(12)15-10/h6,9H,2-5,7-8H2,1H3,(H2,12,13). The Morgan fingerprint density at radius 3 is 2.93 bits per heavy atom. The van der Waals surface area contributed by atoms with E-state index < -0.39 is 0 Å². The van der Waals surface area contributed by atoms with Crippen LogP contribution in [0.2, 0.25) is 0 Å². The molecular weight excluding hydrogens is 206 g/mol. The van der Waals surface area contributed by atoms with Gasteiger partial charge in [-0.25, -0.2) is 4.98 Å². The predicted molar refractivity (Wildman–Crippen MR) is 64.8 cm³/mol. The lowest BCUT2D eigenvalue weighted by molar-refractivity contribution is 0.257. The smallest absolute Gasteiger partial charge is 0.180 e. The van der Waals surface area contributed by atoms with Crippen LogP contribution in [-0.2, 0) is 6.54 Å². The van der Waals surface area contributed by atoms with Gasteiger partial charge in [-0.05, 0) is 31.7 Å². The highest BCUT2D eigenvalue weighted by atomic mass is 32.1. The molecule has 0 amide bonds. The Balaban J connectivity index is 1.86. The number of anilines is 1. The lowest BCUT2D eigenvalue weighted by atomic mass is 10.3. The molecule has 0 bridgehead atoms. The summed E-state index contributed by atoms with van der Waals surface area (Å²) in [4.78, 5) is 7.92. The third kappa shape index (κ3) is 3.47. The number of rotatable bonds is 6. The van der Waals surface area contributed by atoms with E-state index in [0.29, 0.717) is 5.13 Å². The Morgan fingerprint density at radius 2 is 2.40 bits per heavy atom. The number of hydrogen-bond donors (Lipinski definition) is 1. The van der Waals surface area contributed by atoms with Gasteiger partial charge in [-0.1, -0.05) is 6.92 Å². The van der Waals surface area contributed by atoms with Gasteiger partial charge in [0.05, 0.1) is 0 Å². The fourth-order valence-electron chi connectivity index (χ4n) is 1.83. The molecule has 1 fully saturated rings. The third-order valence-electron chi connectivity index (χ3n) is 2.70. The zero-order chi connectivity index (χ0) is 10.7. The van der Waals surface area contributed by atoms with E-state index in [4.69, 9.17) is 5.73 Å². The second kappa shape index (κ2) is 4.94. The van der Waals surface area contributed by atoms with Crippen molar-refractivity contribution in [2.75, 3.05) is 18.8 Å². The molecule has 4 heteroatoms. The van der Waals surface area contributed by atoms with Crippen LogP contribution < -0.4 is 5.73 Å². The minimum absolute atomic E-state index is 0.688. The summed E-state index contributed by atoms with van der Waals surface area (Å²) in [5.41, 5.74) is 5.63. The molecule has 0 aromatic carbocycles. The van der Waals surface area contributed by atoms with Crippen molar-refractivity contribution in [3.05, 3.63) is 11.1 Å². The van der Waals surface area contributed by atoms with Gasteiger partial charge in [0.15, 0.2) is 5.13 Å². The van der Waals surface area contributed by atoms with Crippen LogP contribution >= 0.6 is 11.3 Å². The molecule has 3 nitrogen and oxygen atoms in total. The summed E-state index contributed by atoms with van der Waals surface area (Å²) in [7, 11) is 0. The molecule has 1 heterocycles. The molecule has 1 aliphatic rings. The molecule has 0 atom stereocenters. The third-order valence-corrected chi connectivity index (χ3v) is 3.52. The molecule has 1 aliphatic carbocycles. The van der Waals surface area contributed by atoms with E-state index in [1.807, 2.05) is 6.20 Å². The predicted octanol–water partition coefficient (Wildman–Crippen LogP) is 2.35. The Bertz CT molecular complexity index is 307. The Hall–Kier alpha value is -0.610. The molecule has 1 aromatic heterocycles. The normalized spacial score (nSPS) is 16.1. The van der Waals surface area contributed by atoms with Gasteiger partial charge in [-0.2, -0.15) is 0 Å². The lowest BCUT2D eigenvalue weighted by Crippen LogP contribution is -2.25. The maximum atomic E-state index is 5.63. The number of aromatic nitrogens is 1. The minimum Gasteiger partial charge on any atom is -0.375 e. The number of thiazole rings is 1. The van der Waals surface area contributed by atoms with Crippen molar-refractivity contribution in [2.45, 2.75) is 32.7 Å². The number of nitrogens with two attached hydrogens (primary N) is 1. The average Bonchev–Trinajstić information content (AvgIpc) is 2.90. The second-order valence-corrected chi connectivity index (χ2v) is 5.49. The van der Waals surface area contributed by atoms with Gasteiger partial charge in [-0.3, -0.25) is 4.90 Å². The van der Waals surface area contributed by atoms with Crippen LogP contribution in [0.5, 0.6) is 0 Å². The van der Waals surface area contributed by atoms with Gasteiger partial charge in [0.1, 0.15) is 0 Å². The first-order valence-corrected chi connectivity index (χ1v) is 6.52. The van der Waals surface area contributed by atoms with Crippen LogP contribution in [0.1, 0.15) is 31.1 Å². The summed E-state index contributed by atoms with van der Waals surface area (Å²) in [5, 5.41) is 0.688. The molecule has 2 N–H and O–H groups in total. The van der Waals surface area contributed by atoms with Crippen molar-refractivity contribution < 1.29 is 0 Å². The molecule has 0 saturated heterocycles. The molecular formula is C11H19N3S. The highest BCUT2D eigenvalue weighted by Gasteiger charge is 2.24. The Labute approximate surface area is 95.3 Å². The van der Waals surface area contributed by atoms with E-state index in [-0.39, 0.29) is 0 Å². The summed E-state index contributed by atoms with van der Waals surface area (Å²) < 4.78 is 0. The van der Waals surface area contributed by atoms with Gasteiger partial charge < -0.3 is 5.73 Å². The van der Waals surface area contributed by atoms with Crippen LogP contribution in [0, 0.1) is 5.92 Å². The van der Waals surface area contributed by atoms with Crippen molar-refractivity contribution in [3.8, 4) is 0 Å². The van der Waals surface area contributed by atoms with Crippen molar-refractivity contribution in [1.82, 2.24) is 9.88 Å². The first-order chi connectivity index (χ1) is 7.28. The van der Waals surface area contributed by atoms with E-state index in [0.717, 1.165) is 12.5 Å². The van der Waals surface area contributed by atoms with Gasteiger partial charge in [0, 0.05) is 24.2 Å². The summed E-state index contributed by atoms with van der Waals surface area (Å²) in [6.07, 6.45) is 5.98. The number of nitrogens with zero attached hydrogens (tertiary/aromatic N) is 2. The van der Waals surface area contributed by atoms with E-state index in [1.165, 1.54) is 37.2 Å². The average molecular weight is 225 g/mol. The summed E-state index contributed by atoms with van der Waals surface area (Å²) in [6.45, 7) is 5.71. The first kappa shape index (κ1) is 10.9. The van der Waals surface area contributed by atoms with Crippen molar-refractivity contribution >= 4 is 16.5 Å². The van der Waals surface area contributed by atoms with Crippen LogP contribution in [0.3, 0.4) is 0 Å². The van der Waals surface area contributed by atoms with Crippen LogP contribution in [0.15, 0.2) is 6.20 Å². The zero-order valence-corrected chi connectivity index (χ0v) is 10.1. The molecule has 15 heavy (non-hydrogen) atoms. The van der Waals surface area contributed by atoms with Gasteiger partial charge in [0.2, 0.25) is 0 Å². The molecule has 0 spiro atoms. The number of hydrogen-bond acceptors (Lipinski definition) is 4. The number of nitrogen functional groups attached to an aromatic ring is 1. The Kier molecular flexibility index (Phi) is 3.59. The molecule has 1 saturated carbocycles. The second-order valence-electron chi connectivity index (χ2n) is 4.34. The maximum Gasteiger partial charge on any atom is 0.180 e. The first-order valence-electron chi connectivity index (χ1n) is 5.70. The fourth-order valence-corrected chi connectivity index (χ4v) is 2.56. The summed E-state index contributed by atoms with van der Waals surface area (Å²) in [5.74, 6) is 0.960. The molecule has 0 aliphatic heterocycles. The topological polar surface area (TPSA) is 42.2 Å². The van der Waals surface area contributed by atoms with Crippen LogP contribution in [0.25, 0.3) is 0 Å². The zero-order valence-electron chi connectivity index (χ0n) is 9.28. The summed E-state index contributed by atoms with van der Waals surface area (Å²) in [6, 6.07) is 0. The van der Waals surface area contributed by atoms with E-state index in [1.54, 1.807) is 11.3 Å². The minimum atomic E-state index is 0.688. The SMILES string of the molecule is CCCN(Cc1cnc(N)s1)CC1CC1. The summed E-state index contributed by atoms with van der Waals surface area (Å²) >= 11 is 1.61. The maximum absolute atomic E-state index is 5.63. The quantitative estimate of drug-likeness (QED) is 0.808. The highest BCUT2D eigenvalue weighted by molar-refractivity contribution is 7.15. The lowest BCUT2D eigenvalue weighted by Gasteiger charge is -2.20. The fraction of sp³-hybridized carbons (Fsp3) is 0.727. The van der Waals surface area contributed by atoms with E-state index >= 15 is 0 Å². The van der Waals surface area contributed by atoms with Crippen molar-refractivity contribution in [3.63, 3.8) is 0 Å². The van der Waals surface area contributed by atoms with Gasteiger partial charge in [-0.15, -0.1) is 11.3 Å². The Morgan fingerprint density at radius 1 is 1.60 bits per heavy atom. The van der Waals surface area contributed by atoms with Gasteiger partial charge in [0.25, 0.3) is 0 Å². The van der Waals surface area contributed by atoms with Gasteiger partial charge >= 0.3 is 0 Å². The molecule has 2 rings (SSSR count). The molecule has 0 radical (unpaired) electrons. The van der Waals surface area contributed by atoms with E-state index in [2.05, 4.69) is 16.8 Å². The highest BCUT2D eigenvalue weighted by Crippen LogP contribution is 2.30. The molecule has 1 aromatic rings. The largest absolute Gasteiger partial charge is 0.375 e.